The molecule has 0 aliphatic rings. The van der Waals surface area contributed by atoms with E-state index in [4.69, 9.17) is 9.47 Å². The Morgan fingerprint density at radius 1 is 0.525 bits per heavy atom. The zero-order valence-corrected chi connectivity index (χ0v) is 29.7. The highest BCUT2D eigenvalue weighted by atomic mass is 79.9. The van der Waals surface area contributed by atoms with Gasteiger partial charge in [0.15, 0.2) is 0 Å². The van der Waals surface area contributed by atoms with Gasteiger partial charge in [0.25, 0.3) is 0 Å². The van der Waals surface area contributed by atoms with Crippen LogP contribution in [0.5, 0.6) is 11.5 Å². The van der Waals surface area contributed by atoms with Crippen molar-refractivity contribution in [2.24, 2.45) is 0 Å². The molecule has 0 aliphatic heterocycles. The molecule has 3 aromatic rings. The lowest BCUT2D eigenvalue weighted by Crippen LogP contribution is -2.29. The second kappa shape index (κ2) is 11.4. The van der Waals surface area contributed by atoms with Crippen LogP contribution in [0.1, 0.15) is 105 Å². The van der Waals surface area contributed by atoms with Crippen LogP contribution in [-0.4, -0.2) is 14.2 Å². The average Bonchev–Trinajstić information content (AvgIpc) is 2.82. The van der Waals surface area contributed by atoms with Crippen molar-refractivity contribution in [1.82, 2.24) is 0 Å². The summed E-state index contributed by atoms with van der Waals surface area (Å²) in [7, 11) is 2.71. The molecule has 0 fully saturated rings. The first-order valence-corrected chi connectivity index (χ1v) is 16.4. The molecule has 3 aromatic carbocycles. The molecule has 4 heteroatoms. The first-order chi connectivity index (χ1) is 18.2. The van der Waals surface area contributed by atoms with Gasteiger partial charge in [-0.05, 0) is 75.8 Å². The van der Waals surface area contributed by atoms with Gasteiger partial charge < -0.3 is 9.47 Å². The third-order valence-corrected chi connectivity index (χ3v) is 10.8. The van der Waals surface area contributed by atoms with Crippen LogP contribution in [-0.2, 0) is 21.7 Å². The van der Waals surface area contributed by atoms with Gasteiger partial charge >= 0.3 is 0 Å². The van der Waals surface area contributed by atoms with E-state index in [2.05, 4.69) is 148 Å². The molecule has 0 radical (unpaired) electrons. The van der Waals surface area contributed by atoms with Crippen LogP contribution < -0.4 is 25.4 Å². The van der Waals surface area contributed by atoms with Gasteiger partial charge in [-0.2, -0.15) is 0 Å². The van der Waals surface area contributed by atoms with Crippen molar-refractivity contribution < 1.29 is 9.47 Å². The predicted octanol–water partition coefficient (Wildman–Crippen LogP) is 9.41. The monoisotopic (exact) mass is 624 g/mol. The molecule has 0 unspecified atom stereocenters. The maximum atomic E-state index is 6.14. The van der Waals surface area contributed by atoms with E-state index in [1.165, 1.54) is 38.2 Å². The minimum Gasteiger partial charge on any atom is -0.496 e. The minimum absolute atomic E-state index is 0.0800. The third kappa shape index (κ3) is 6.79. The number of hydrogen-bond donors (Lipinski definition) is 0. The average molecular weight is 626 g/mol. The van der Waals surface area contributed by atoms with Gasteiger partial charge in [-0.1, -0.05) is 117 Å². The van der Waals surface area contributed by atoms with Crippen molar-refractivity contribution in [3.05, 3.63) is 75.3 Å². The number of benzene rings is 3. The first kappa shape index (κ1) is 32.7. The third-order valence-electron chi connectivity index (χ3n) is 7.40. The number of ether oxygens (including phenoxy) is 2. The molecule has 0 amide bonds. The number of methoxy groups -OCH3 is 2. The first-order valence-electron chi connectivity index (χ1n) is 14.2. The molecule has 0 spiro atoms. The Morgan fingerprint density at radius 2 is 0.825 bits per heavy atom. The van der Waals surface area contributed by atoms with Crippen molar-refractivity contribution in [2.75, 3.05) is 14.2 Å². The molecule has 0 aromatic heterocycles. The van der Waals surface area contributed by atoms with Crippen molar-refractivity contribution in [3.63, 3.8) is 0 Å². The smallest absolute Gasteiger partial charge is 0.126 e. The van der Waals surface area contributed by atoms with E-state index in [0.717, 1.165) is 16.0 Å². The SMILES string of the molecule is COc1c(C(C)(C)C)cc(P(c2cc(C(C)(C)C)c(OC)c(C(C)(C)C)c2)c2ccccc2Br)cc1C(C)(C)C. The minimum atomic E-state index is -0.913. The van der Waals surface area contributed by atoms with E-state index in [9.17, 15) is 0 Å². The van der Waals surface area contributed by atoms with Crippen LogP contribution in [0, 0.1) is 0 Å². The van der Waals surface area contributed by atoms with Crippen molar-refractivity contribution in [2.45, 2.75) is 105 Å². The van der Waals surface area contributed by atoms with Crippen LogP contribution >= 0.6 is 23.9 Å². The molecule has 0 aliphatic carbocycles. The Balaban J connectivity index is 2.57. The maximum Gasteiger partial charge on any atom is 0.126 e. The summed E-state index contributed by atoms with van der Waals surface area (Å²) >= 11 is 3.95. The number of halogens is 1. The molecule has 0 bridgehead atoms. The largest absolute Gasteiger partial charge is 0.496 e. The number of hydrogen-bond acceptors (Lipinski definition) is 2. The van der Waals surface area contributed by atoms with Gasteiger partial charge in [0.05, 0.1) is 14.2 Å². The molecule has 0 N–H and O–H groups in total. The normalized spacial score (nSPS) is 13.1. The van der Waals surface area contributed by atoms with Crippen molar-refractivity contribution in [1.29, 1.82) is 0 Å². The molecule has 0 saturated carbocycles. The van der Waals surface area contributed by atoms with Crippen LogP contribution in [0.15, 0.2) is 53.0 Å². The lowest BCUT2D eigenvalue weighted by atomic mass is 9.79. The predicted molar refractivity (Wildman–Crippen MR) is 181 cm³/mol. The van der Waals surface area contributed by atoms with Gasteiger partial charge in [-0.15, -0.1) is 0 Å². The summed E-state index contributed by atoms with van der Waals surface area (Å²) < 4.78 is 13.4. The molecule has 218 valence electrons. The summed E-state index contributed by atoms with van der Waals surface area (Å²) in [6.45, 7) is 27.4. The highest BCUT2D eigenvalue weighted by Gasteiger charge is 2.33. The zero-order chi connectivity index (χ0) is 30.4. The summed E-state index contributed by atoms with van der Waals surface area (Å²) in [4.78, 5) is 0. The summed E-state index contributed by atoms with van der Waals surface area (Å²) in [5, 5.41) is 3.98. The van der Waals surface area contributed by atoms with E-state index < -0.39 is 7.92 Å². The fourth-order valence-corrected chi connectivity index (χ4v) is 8.44. The quantitative estimate of drug-likeness (QED) is 0.263. The summed E-state index contributed by atoms with van der Waals surface area (Å²) in [6, 6.07) is 18.4. The molecular formula is C36H50BrO2P. The Bertz CT molecular complexity index is 1210. The second-order valence-electron chi connectivity index (χ2n) is 14.9. The van der Waals surface area contributed by atoms with Gasteiger partial charge in [0.1, 0.15) is 11.5 Å². The van der Waals surface area contributed by atoms with Crippen LogP contribution in [0.25, 0.3) is 0 Å². The lowest BCUT2D eigenvalue weighted by Gasteiger charge is -2.34. The van der Waals surface area contributed by atoms with E-state index in [1.807, 2.05) is 14.2 Å². The second-order valence-corrected chi connectivity index (χ2v) is 18.0. The molecule has 0 heterocycles. The van der Waals surface area contributed by atoms with E-state index >= 15 is 0 Å². The van der Waals surface area contributed by atoms with E-state index in [-0.39, 0.29) is 21.7 Å². The maximum absolute atomic E-state index is 6.14. The van der Waals surface area contributed by atoms with Crippen molar-refractivity contribution in [3.8, 4) is 11.5 Å². The molecule has 3 rings (SSSR count). The van der Waals surface area contributed by atoms with E-state index in [0.29, 0.717) is 0 Å². The molecule has 40 heavy (non-hydrogen) atoms. The Morgan fingerprint density at radius 3 is 1.07 bits per heavy atom. The fourth-order valence-electron chi connectivity index (χ4n) is 5.21. The molecule has 2 nitrogen and oxygen atoms in total. The standard InChI is InChI=1S/C36H50BrO2P/c1-33(2,3)25-19-23(20-26(31(25)38-13)34(4,5)6)40(30-18-16-15-17-29(30)37)24-21-27(35(7,8)9)32(39-14)28(22-24)36(10,11)12/h15-22H,1-14H3. The Labute approximate surface area is 254 Å². The van der Waals surface area contributed by atoms with Gasteiger partial charge in [0, 0.05) is 26.7 Å². The number of rotatable bonds is 5. The van der Waals surface area contributed by atoms with E-state index in [1.54, 1.807) is 0 Å². The molecular weight excluding hydrogens is 575 g/mol. The highest BCUT2D eigenvalue weighted by Crippen LogP contribution is 2.46. The summed E-state index contributed by atoms with van der Waals surface area (Å²) in [5.74, 6) is 2.01. The van der Waals surface area contributed by atoms with Crippen LogP contribution in [0.4, 0.5) is 0 Å². The Hall–Kier alpha value is -1.83. The fraction of sp³-hybridized carbons (Fsp3) is 0.500. The summed E-state index contributed by atoms with van der Waals surface area (Å²) in [6.07, 6.45) is 0. The molecule has 0 saturated heterocycles. The van der Waals surface area contributed by atoms with Crippen LogP contribution in [0.2, 0.25) is 0 Å². The van der Waals surface area contributed by atoms with Gasteiger partial charge in [-0.25, -0.2) is 0 Å². The van der Waals surface area contributed by atoms with Gasteiger partial charge in [0.2, 0.25) is 0 Å². The molecule has 0 atom stereocenters. The zero-order valence-electron chi connectivity index (χ0n) is 27.3. The summed E-state index contributed by atoms with van der Waals surface area (Å²) in [5.41, 5.74) is 4.67. The lowest BCUT2D eigenvalue weighted by molar-refractivity contribution is 0.381. The van der Waals surface area contributed by atoms with Gasteiger partial charge in [-0.3, -0.25) is 0 Å². The van der Waals surface area contributed by atoms with Crippen LogP contribution in [0.3, 0.4) is 0 Å². The topological polar surface area (TPSA) is 18.5 Å². The highest BCUT2D eigenvalue weighted by molar-refractivity contribution is 9.10. The Kier molecular flexibility index (Phi) is 9.35. The van der Waals surface area contributed by atoms with Crippen molar-refractivity contribution >= 4 is 39.8 Å².